The summed E-state index contributed by atoms with van der Waals surface area (Å²) in [6.07, 6.45) is 2.43. The molecular formula is C13H19N5. The molecule has 2 rings (SSSR count). The standard InChI is InChI=1S/C13H19N5/c1-8-9(2)16-17-13(11(8)6-14)18(3)12(7-15)10-4-5-10/h10,12H,4-5,7,15H2,1-3H3. The van der Waals surface area contributed by atoms with Gasteiger partial charge in [0.2, 0.25) is 0 Å². The van der Waals surface area contributed by atoms with E-state index in [4.69, 9.17) is 5.73 Å². The highest BCUT2D eigenvalue weighted by atomic mass is 15.3. The average molecular weight is 245 g/mol. The molecule has 1 aromatic rings. The Kier molecular flexibility index (Phi) is 3.48. The summed E-state index contributed by atoms with van der Waals surface area (Å²) in [5, 5.41) is 17.6. The number of likely N-dealkylation sites (N-methyl/N-ethyl adjacent to an activating group) is 1. The second kappa shape index (κ2) is 4.91. The Morgan fingerprint density at radius 1 is 1.44 bits per heavy atom. The first-order chi connectivity index (χ1) is 8.60. The largest absolute Gasteiger partial charge is 0.353 e. The molecule has 1 aromatic heterocycles. The Labute approximate surface area is 108 Å². The van der Waals surface area contributed by atoms with E-state index in [1.165, 1.54) is 12.8 Å². The van der Waals surface area contributed by atoms with Gasteiger partial charge in [0.25, 0.3) is 0 Å². The molecule has 0 bridgehead atoms. The molecule has 96 valence electrons. The molecule has 2 N–H and O–H groups in total. The third-order valence-electron chi connectivity index (χ3n) is 3.79. The first kappa shape index (κ1) is 12.8. The fourth-order valence-corrected chi connectivity index (χ4v) is 2.28. The number of hydrogen-bond donors (Lipinski definition) is 1. The molecule has 0 saturated heterocycles. The summed E-state index contributed by atoms with van der Waals surface area (Å²) >= 11 is 0. The van der Waals surface area contributed by atoms with Crippen molar-refractivity contribution in [2.24, 2.45) is 11.7 Å². The van der Waals surface area contributed by atoms with Crippen molar-refractivity contribution >= 4 is 5.82 Å². The van der Waals surface area contributed by atoms with Crippen LogP contribution in [-0.4, -0.2) is 29.8 Å². The molecule has 1 fully saturated rings. The summed E-state index contributed by atoms with van der Waals surface area (Å²) < 4.78 is 0. The van der Waals surface area contributed by atoms with Crippen LogP contribution in [0, 0.1) is 31.1 Å². The highest BCUT2D eigenvalue weighted by Gasteiger charge is 2.34. The van der Waals surface area contributed by atoms with Gasteiger partial charge in [0.15, 0.2) is 5.82 Å². The molecule has 1 unspecified atom stereocenters. The van der Waals surface area contributed by atoms with E-state index in [0.717, 1.165) is 11.3 Å². The topological polar surface area (TPSA) is 78.8 Å². The summed E-state index contributed by atoms with van der Waals surface area (Å²) in [4.78, 5) is 2.02. The van der Waals surface area contributed by atoms with Gasteiger partial charge in [-0.15, -0.1) is 5.10 Å². The van der Waals surface area contributed by atoms with Gasteiger partial charge in [-0.2, -0.15) is 10.4 Å². The summed E-state index contributed by atoms with van der Waals surface area (Å²) in [6, 6.07) is 2.50. The zero-order chi connectivity index (χ0) is 13.3. The summed E-state index contributed by atoms with van der Waals surface area (Å²) in [5.41, 5.74) is 8.16. The number of nitrogens with two attached hydrogens (primary N) is 1. The predicted molar refractivity (Wildman–Crippen MR) is 70.2 cm³/mol. The van der Waals surface area contributed by atoms with Gasteiger partial charge in [0, 0.05) is 19.6 Å². The van der Waals surface area contributed by atoms with Gasteiger partial charge in [0.05, 0.1) is 5.69 Å². The van der Waals surface area contributed by atoms with Crippen LogP contribution in [0.15, 0.2) is 0 Å². The summed E-state index contributed by atoms with van der Waals surface area (Å²) in [5.74, 6) is 1.29. The van der Waals surface area contributed by atoms with E-state index >= 15 is 0 Å². The Morgan fingerprint density at radius 3 is 2.61 bits per heavy atom. The van der Waals surface area contributed by atoms with E-state index < -0.39 is 0 Å². The molecule has 0 amide bonds. The van der Waals surface area contributed by atoms with E-state index in [1.807, 2.05) is 25.8 Å². The van der Waals surface area contributed by atoms with Crippen LogP contribution in [0.2, 0.25) is 0 Å². The molecular weight excluding hydrogens is 226 g/mol. The van der Waals surface area contributed by atoms with Gasteiger partial charge in [-0.05, 0) is 38.2 Å². The van der Waals surface area contributed by atoms with Crippen LogP contribution >= 0.6 is 0 Å². The number of aromatic nitrogens is 2. The number of aryl methyl sites for hydroxylation is 1. The fraction of sp³-hybridized carbons (Fsp3) is 0.615. The normalized spacial score (nSPS) is 16.2. The van der Waals surface area contributed by atoms with E-state index in [1.54, 1.807) is 0 Å². The number of hydrogen-bond acceptors (Lipinski definition) is 5. The second-order valence-corrected chi connectivity index (χ2v) is 4.97. The molecule has 1 aliphatic rings. The lowest BCUT2D eigenvalue weighted by Gasteiger charge is -2.28. The number of anilines is 1. The Morgan fingerprint density at radius 2 is 2.11 bits per heavy atom. The van der Waals surface area contributed by atoms with E-state index in [2.05, 4.69) is 16.3 Å². The van der Waals surface area contributed by atoms with Crippen molar-refractivity contribution in [2.75, 3.05) is 18.5 Å². The monoisotopic (exact) mass is 245 g/mol. The lowest BCUT2D eigenvalue weighted by molar-refractivity contribution is 0.563. The molecule has 1 saturated carbocycles. The first-order valence-electron chi connectivity index (χ1n) is 6.27. The van der Waals surface area contributed by atoms with E-state index in [-0.39, 0.29) is 6.04 Å². The second-order valence-electron chi connectivity index (χ2n) is 4.97. The minimum absolute atomic E-state index is 0.258. The molecule has 0 aromatic carbocycles. The molecule has 1 aliphatic carbocycles. The van der Waals surface area contributed by atoms with Gasteiger partial charge >= 0.3 is 0 Å². The van der Waals surface area contributed by atoms with Crippen molar-refractivity contribution in [3.05, 3.63) is 16.8 Å². The summed E-state index contributed by atoms with van der Waals surface area (Å²) in [7, 11) is 1.95. The van der Waals surface area contributed by atoms with E-state index in [9.17, 15) is 5.26 Å². The van der Waals surface area contributed by atoms with Crippen molar-refractivity contribution in [3.63, 3.8) is 0 Å². The molecule has 0 spiro atoms. The predicted octanol–water partition coefficient (Wildman–Crippen LogP) is 1.14. The third kappa shape index (κ3) is 2.16. The summed E-state index contributed by atoms with van der Waals surface area (Å²) in [6.45, 7) is 4.36. The first-order valence-corrected chi connectivity index (χ1v) is 6.27. The van der Waals surface area contributed by atoms with Gasteiger partial charge in [-0.1, -0.05) is 0 Å². The Hall–Kier alpha value is -1.67. The highest BCUT2D eigenvalue weighted by molar-refractivity contribution is 5.57. The SMILES string of the molecule is Cc1nnc(N(C)C(CN)C2CC2)c(C#N)c1C. The number of rotatable bonds is 4. The van der Waals surface area contributed by atoms with E-state index in [0.29, 0.717) is 23.8 Å². The van der Waals surface area contributed by atoms with Crippen LogP contribution < -0.4 is 10.6 Å². The van der Waals surface area contributed by atoms with Crippen LogP contribution in [0.1, 0.15) is 29.7 Å². The van der Waals surface area contributed by atoms with Gasteiger partial charge in [-0.3, -0.25) is 0 Å². The number of nitrogens with zero attached hydrogens (tertiary/aromatic N) is 4. The maximum Gasteiger partial charge on any atom is 0.169 e. The lowest BCUT2D eigenvalue weighted by atomic mass is 10.1. The molecule has 5 heteroatoms. The van der Waals surface area contributed by atoms with Crippen molar-refractivity contribution < 1.29 is 0 Å². The van der Waals surface area contributed by atoms with Gasteiger partial charge < -0.3 is 10.6 Å². The fourth-order valence-electron chi connectivity index (χ4n) is 2.28. The zero-order valence-electron chi connectivity index (χ0n) is 11.1. The van der Waals surface area contributed by atoms with Crippen LogP contribution in [0.5, 0.6) is 0 Å². The molecule has 5 nitrogen and oxygen atoms in total. The van der Waals surface area contributed by atoms with Crippen LogP contribution in [0.4, 0.5) is 5.82 Å². The Balaban J connectivity index is 2.38. The van der Waals surface area contributed by atoms with Crippen LogP contribution in [0.25, 0.3) is 0 Å². The van der Waals surface area contributed by atoms with Gasteiger partial charge in [-0.25, -0.2) is 0 Å². The maximum absolute atomic E-state index is 9.31. The highest BCUT2D eigenvalue weighted by Crippen LogP contribution is 2.36. The molecule has 1 atom stereocenters. The quantitative estimate of drug-likeness (QED) is 0.860. The minimum atomic E-state index is 0.258. The van der Waals surface area contributed by atoms with Crippen LogP contribution in [0.3, 0.4) is 0 Å². The number of nitriles is 1. The maximum atomic E-state index is 9.31. The third-order valence-corrected chi connectivity index (χ3v) is 3.79. The molecule has 0 radical (unpaired) electrons. The van der Waals surface area contributed by atoms with Gasteiger partial charge in [0.1, 0.15) is 11.6 Å². The molecule has 1 heterocycles. The molecule has 0 aliphatic heterocycles. The van der Waals surface area contributed by atoms with Crippen molar-refractivity contribution in [1.29, 1.82) is 5.26 Å². The Bertz CT molecular complexity index is 487. The average Bonchev–Trinajstić information content (AvgIpc) is 3.17. The van der Waals surface area contributed by atoms with Crippen molar-refractivity contribution in [1.82, 2.24) is 10.2 Å². The van der Waals surface area contributed by atoms with Crippen LogP contribution in [-0.2, 0) is 0 Å². The van der Waals surface area contributed by atoms with Crippen molar-refractivity contribution in [2.45, 2.75) is 32.7 Å². The minimum Gasteiger partial charge on any atom is -0.353 e. The molecule has 18 heavy (non-hydrogen) atoms. The zero-order valence-corrected chi connectivity index (χ0v) is 11.1. The lowest BCUT2D eigenvalue weighted by Crippen LogP contribution is -2.40. The smallest absolute Gasteiger partial charge is 0.169 e. The van der Waals surface area contributed by atoms with Crippen molar-refractivity contribution in [3.8, 4) is 6.07 Å².